The van der Waals surface area contributed by atoms with Crippen molar-refractivity contribution < 1.29 is 26.4 Å². The molecule has 0 radical (unpaired) electrons. The molecule has 1 amide bonds. The van der Waals surface area contributed by atoms with Crippen LogP contribution in [0.1, 0.15) is 32.6 Å². The first-order valence-corrected chi connectivity index (χ1v) is 13.8. The van der Waals surface area contributed by atoms with E-state index < -0.39 is 27.7 Å². The summed E-state index contributed by atoms with van der Waals surface area (Å²) in [6.07, 6.45) is -3.43. The molecule has 0 saturated carbocycles. The third-order valence-electron chi connectivity index (χ3n) is 6.72. The zero-order valence-electron chi connectivity index (χ0n) is 20.9. The lowest BCUT2D eigenvalue weighted by Crippen LogP contribution is -2.35. The topological polar surface area (TPSA) is 75.3 Å². The molecule has 0 aromatic heterocycles. The number of alkyl halides is 3. The van der Waals surface area contributed by atoms with Gasteiger partial charge in [0.1, 0.15) is 0 Å². The molecule has 0 heterocycles. The molecule has 1 aliphatic carbocycles. The molecule has 4 aromatic rings. The number of carbonyl (C=O) groups is 1. The molecule has 9 heteroatoms. The van der Waals surface area contributed by atoms with Gasteiger partial charge in [0.05, 0.1) is 10.5 Å². The number of hydrogen-bond donors (Lipinski definition) is 2. The maximum Gasteiger partial charge on any atom is 0.416 e. The summed E-state index contributed by atoms with van der Waals surface area (Å²) in [5.74, 6) is -0.399. The molecular weight excluding hydrogens is 525 g/mol. The molecule has 1 unspecified atom stereocenters. The minimum Gasteiger partial charge on any atom is -0.322 e. The van der Waals surface area contributed by atoms with Crippen molar-refractivity contribution in [3.8, 4) is 11.1 Å². The van der Waals surface area contributed by atoms with E-state index >= 15 is 0 Å². The lowest BCUT2D eigenvalue weighted by atomic mass is 9.96. The van der Waals surface area contributed by atoms with Crippen LogP contribution in [-0.4, -0.2) is 20.4 Å². The zero-order chi connectivity index (χ0) is 27.8. The summed E-state index contributed by atoms with van der Waals surface area (Å²) in [5, 5.41) is 2.88. The van der Waals surface area contributed by atoms with Crippen molar-refractivity contribution in [2.75, 3.05) is 5.32 Å². The molecule has 5 rings (SSSR count). The largest absolute Gasteiger partial charge is 0.416 e. The minimum atomic E-state index is -4.45. The van der Waals surface area contributed by atoms with E-state index in [1.807, 2.05) is 19.1 Å². The van der Waals surface area contributed by atoms with Crippen LogP contribution < -0.4 is 10.0 Å². The van der Waals surface area contributed by atoms with Gasteiger partial charge in [-0.3, -0.25) is 4.79 Å². The first kappa shape index (κ1) is 26.6. The Morgan fingerprint density at radius 2 is 1.54 bits per heavy atom. The van der Waals surface area contributed by atoms with Gasteiger partial charge in [-0.05, 0) is 84.5 Å². The highest BCUT2D eigenvalue weighted by molar-refractivity contribution is 7.89. The van der Waals surface area contributed by atoms with Crippen LogP contribution in [0.3, 0.4) is 0 Å². The summed E-state index contributed by atoms with van der Waals surface area (Å²) in [7, 11) is -3.65. The Hall–Kier alpha value is -3.95. The quantitative estimate of drug-likeness (QED) is 0.293. The van der Waals surface area contributed by atoms with Crippen molar-refractivity contribution in [2.45, 2.75) is 36.9 Å². The van der Waals surface area contributed by atoms with E-state index in [0.29, 0.717) is 35.2 Å². The molecule has 0 fully saturated rings. The molecule has 2 N–H and O–H groups in total. The van der Waals surface area contributed by atoms with Crippen LogP contribution in [0, 0.1) is 6.92 Å². The van der Waals surface area contributed by atoms with Gasteiger partial charge in [0, 0.05) is 17.3 Å². The summed E-state index contributed by atoms with van der Waals surface area (Å²) in [6, 6.07) is 23.3. The molecule has 0 saturated heterocycles. The van der Waals surface area contributed by atoms with Gasteiger partial charge in [-0.2, -0.15) is 13.2 Å². The second-order valence-electron chi connectivity index (χ2n) is 9.60. The van der Waals surface area contributed by atoms with E-state index in [-0.39, 0.29) is 10.9 Å². The lowest BCUT2D eigenvalue weighted by Gasteiger charge is -2.13. The smallest absolute Gasteiger partial charge is 0.322 e. The Morgan fingerprint density at radius 1 is 0.846 bits per heavy atom. The first-order chi connectivity index (χ1) is 18.5. The van der Waals surface area contributed by atoms with Crippen molar-refractivity contribution in [1.82, 2.24) is 4.72 Å². The lowest BCUT2D eigenvalue weighted by molar-refractivity contribution is -0.137. The van der Waals surface area contributed by atoms with E-state index in [1.165, 1.54) is 12.1 Å². The van der Waals surface area contributed by atoms with Crippen molar-refractivity contribution in [3.63, 3.8) is 0 Å². The predicted molar refractivity (Wildman–Crippen MR) is 144 cm³/mol. The minimum absolute atomic E-state index is 0.204. The van der Waals surface area contributed by atoms with Crippen LogP contribution in [0.25, 0.3) is 11.1 Å². The fourth-order valence-corrected chi connectivity index (χ4v) is 6.06. The maximum absolute atomic E-state index is 13.3. The van der Waals surface area contributed by atoms with Crippen LogP contribution in [0.15, 0.2) is 95.9 Å². The standard InChI is InChI=1S/C30H25F3N2O3S/c1-19-7-14-27(28(15-19)20-8-11-23(12-9-20)30(31,32)33)29(36)34-24-13-10-21-16-25(18-22(21)17-24)35-39(37,38)26-5-3-2-4-6-26/h2-15,17,25,35H,16,18H2,1H3,(H,34,36). The van der Waals surface area contributed by atoms with E-state index in [2.05, 4.69) is 10.0 Å². The molecule has 39 heavy (non-hydrogen) atoms. The number of fused-ring (bicyclic) bond motifs is 1. The van der Waals surface area contributed by atoms with Crippen LogP contribution in [0.4, 0.5) is 18.9 Å². The molecule has 5 nitrogen and oxygen atoms in total. The molecule has 0 bridgehead atoms. The van der Waals surface area contributed by atoms with Crippen LogP contribution in [0.2, 0.25) is 0 Å². The maximum atomic E-state index is 13.3. The van der Waals surface area contributed by atoms with Crippen molar-refractivity contribution >= 4 is 21.6 Å². The monoisotopic (exact) mass is 550 g/mol. The highest BCUT2D eigenvalue weighted by Crippen LogP contribution is 2.33. The Balaban J connectivity index is 1.33. The Labute approximate surface area is 224 Å². The molecule has 0 spiro atoms. The average molecular weight is 551 g/mol. The SMILES string of the molecule is Cc1ccc(C(=O)Nc2ccc3c(c2)CC(NS(=O)(=O)c2ccccc2)C3)c(-c2ccc(C(F)(F)F)cc2)c1. The van der Waals surface area contributed by atoms with Gasteiger partial charge in [0.25, 0.3) is 5.91 Å². The summed E-state index contributed by atoms with van der Waals surface area (Å²) < 4.78 is 67.3. The number of halogens is 3. The number of carbonyl (C=O) groups excluding carboxylic acids is 1. The third kappa shape index (κ3) is 5.89. The highest BCUT2D eigenvalue weighted by atomic mass is 32.2. The second-order valence-corrected chi connectivity index (χ2v) is 11.3. The number of anilines is 1. The Morgan fingerprint density at radius 3 is 2.23 bits per heavy atom. The number of sulfonamides is 1. The van der Waals surface area contributed by atoms with E-state index in [4.69, 9.17) is 0 Å². The van der Waals surface area contributed by atoms with Crippen LogP contribution in [-0.2, 0) is 29.0 Å². The number of aryl methyl sites for hydroxylation is 1. The molecule has 1 aliphatic rings. The normalized spacial score (nSPS) is 15.1. The van der Waals surface area contributed by atoms with Crippen LogP contribution >= 0.6 is 0 Å². The van der Waals surface area contributed by atoms with E-state index in [9.17, 15) is 26.4 Å². The average Bonchev–Trinajstić information content (AvgIpc) is 3.29. The van der Waals surface area contributed by atoms with E-state index in [1.54, 1.807) is 54.6 Å². The van der Waals surface area contributed by atoms with Crippen LogP contribution in [0.5, 0.6) is 0 Å². The number of benzene rings is 4. The van der Waals surface area contributed by atoms with Crippen molar-refractivity contribution in [3.05, 3.63) is 119 Å². The number of hydrogen-bond acceptors (Lipinski definition) is 3. The summed E-state index contributed by atoms with van der Waals surface area (Å²) in [5.41, 5.74) is 3.93. The molecule has 1 atom stereocenters. The van der Waals surface area contributed by atoms with Gasteiger partial charge in [-0.1, -0.05) is 54.1 Å². The summed E-state index contributed by atoms with van der Waals surface area (Å²) in [6.45, 7) is 1.85. The predicted octanol–water partition coefficient (Wildman–Crippen LogP) is 6.38. The molecule has 0 aliphatic heterocycles. The van der Waals surface area contributed by atoms with Gasteiger partial charge in [-0.15, -0.1) is 0 Å². The molecular formula is C30H25F3N2O3S. The second kappa shape index (κ2) is 10.3. The van der Waals surface area contributed by atoms with Gasteiger partial charge in [0.15, 0.2) is 0 Å². The number of rotatable bonds is 6. The summed E-state index contributed by atoms with van der Waals surface area (Å²) >= 11 is 0. The van der Waals surface area contributed by atoms with Crippen molar-refractivity contribution in [2.24, 2.45) is 0 Å². The van der Waals surface area contributed by atoms with Crippen molar-refractivity contribution in [1.29, 1.82) is 0 Å². The van der Waals surface area contributed by atoms with Gasteiger partial charge >= 0.3 is 6.18 Å². The van der Waals surface area contributed by atoms with Gasteiger partial charge < -0.3 is 5.32 Å². The molecule has 4 aromatic carbocycles. The number of amides is 1. The summed E-state index contributed by atoms with van der Waals surface area (Å²) in [4.78, 5) is 13.5. The Kier molecular flexibility index (Phi) is 7.05. The highest BCUT2D eigenvalue weighted by Gasteiger charge is 2.30. The fourth-order valence-electron chi connectivity index (χ4n) is 4.80. The Bertz CT molecular complexity index is 1630. The first-order valence-electron chi connectivity index (χ1n) is 12.3. The third-order valence-corrected chi connectivity index (χ3v) is 8.25. The fraction of sp³-hybridized carbons (Fsp3) is 0.167. The van der Waals surface area contributed by atoms with Gasteiger partial charge in [0.2, 0.25) is 10.0 Å². The molecule has 200 valence electrons. The number of nitrogens with one attached hydrogen (secondary N) is 2. The van der Waals surface area contributed by atoms with E-state index in [0.717, 1.165) is 28.8 Å². The van der Waals surface area contributed by atoms with Gasteiger partial charge in [-0.25, -0.2) is 13.1 Å². The zero-order valence-corrected chi connectivity index (χ0v) is 21.7.